The topological polar surface area (TPSA) is 0 Å². The summed E-state index contributed by atoms with van der Waals surface area (Å²) >= 11 is 0. The highest BCUT2D eigenvalue weighted by Gasteiger charge is 2.11. The average Bonchev–Trinajstić information content (AvgIpc) is 2.38. The van der Waals surface area contributed by atoms with Crippen molar-refractivity contribution in [1.29, 1.82) is 0 Å². The Morgan fingerprint density at radius 2 is 1.37 bits per heavy atom. The van der Waals surface area contributed by atoms with Gasteiger partial charge < -0.3 is 0 Å². The Kier molecular flexibility index (Phi) is 4.09. The van der Waals surface area contributed by atoms with Gasteiger partial charge in [-0.05, 0) is 46.6 Å². The van der Waals surface area contributed by atoms with Crippen LogP contribution in [-0.4, -0.2) is 0 Å². The molecule has 0 amide bonds. The van der Waals surface area contributed by atoms with Gasteiger partial charge in [0.1, 0.15) is 0 Å². The van der Waals surface area contributed by atoms with Crippen LogP contribution in [0, 0.1) is 6.92 Å². The second-order valence-electron chi connectivity index (χ2n) is 5.97. The molecule has 0 nitrogen and oxygen atoms in total. The van der Waals surface area contributed by atoms with Gasteiger partial charge in [-0.25, -0.2) is 0 Å². The van der Waals surface area contributed by atoms with E-state index in [0.717, 1.165) is 0 Å². The first-order valence-electron chi connectivity index (χ1n) is 7.20. The van der Waals surface area contributed by atoms with Crippen LogP contribution in [0.1, 0.15) is 56.2 Å². The summed E-state index contributed by atoms with van der Waals surface area (Å²) in [6.07, 6.45) is 0. The molecule has 0 saturated heterocycles. The smallest absolute Gasteiger partial charge is 0.0147 e. The lowest BCUT2D eigenvalue weighted by molar-refractivity contribution is 0.858. The Labute approximate surface area is 117 Å². The van der Waals surface area contributed by atoms with Gasteiger partial charge in [-0.15, -0.1) is 0 Å². The Hall–Kier alpha value is -1.56. The molecule has 0 aromatic heterocycles. The van der Waals surface area contributed by atoms with E-state index in [1.54, 1.807) is 0 Å². The Bertz CT molecular complexity index is 545. The van der Waals surface area contributed by atoms with Crippen LogP contribution in [0.2, 0.25) is 0 Å². The van der Waals surface area contributed by atoms with Crippen molar-refractivity contribution in [2.24, 2.45) is 0 Å². The molecule has 0 atom stereocenters. The molecule has 2 aromatic rings. The molecule has 0 heteroatoms. The molecule has 0 saturated carbocycles. The maximum atomic E-state index is 2.27. The quantitative estimate of drug-likeness (QED) is 0.637. The SMILES string of the molecule is Cc1cccc(-c2ccc(C(C)C)cc2)c1C(C)C. The molecule has 0 heterocycles. The molecule has 100 valence electrons. The molecule has 0 aliphatic carbocycles. The largest absolute Gasteiger partial charge is 0.0614 e. The maximum absolute atomic E-state index is 2.27. The van der Waals surface area contributed by atoms with Gasteiger partial charge in [0.05, 0.1) is 0 Å². The number of aryl methyl sites for hydroxylation is 1. The predicted molar refractivity (Wildman–Crippen MR) is 84.8 cm³/mol. The van der Waals surface area contributed by atoms with Crippen molar-refractivity contribution in [2.45, 2.75) is 46.5 Å². The number of benzene rings is 2. The summed E-state index contributed by atoms with van der Waals surface area (Å²) in [5.41, 5.74) is 6.98. The third-order valence-electron chi connectivity index (χ3n) is 3.79. The lowest BCUT2D eigenvalue weighted by atomic mass is 9.88. The second-order valence-corrected chi connectivity index (χ2v) is 5.97. The summed E-state index contributed by atoms with van der Waals surface area (Å²) in [7, 11) is 0. The highest BCUT2D eigenvalue weighted by Crippen LogP contribution is 2.32. The van der Waals surface area contributed by atoms with Crippen LogP contribution in [0.25, 0.3) is 11.1 Å². The molecule has 2 rings (SSSR count). The molecule has 19 heavy (non-hydrogen) atoms. The van der Waals surface area contributed by atoms with E-state index in [-0.39, 0.29) is 0 Å². The molecule has 2 aromatic carbocycles. The van der Waals surface area contributed by atoms with E-state index in [1.807, 2.05) is 0 Å². The fourth-order valence-electron chi connectivity index (χ4n) is 2.75. The first-order chi connectivity index (χ1) is 9.00. The van der Waals surface area contributed by atoms with Crippen LogP contribution in [0.4, 0.5) is 0 Å². The zero-order valence-corrected chi connectivity index (χ0v) is 12.7. The van der Waals surface area contributed by atoms with Gasteiger partial charge in [-0.1, -0.05) is 70.2 Å². The van der Waals surface area contributed by atoms with E-state index < -0.39 is 0 Å². The Morgan fingerprint density at radius 1 is 0.737 bits per heavy atom. The van der Waals surface area contributed by atoms with Gasteiger partial charge in [-0.3, -0.25) is 0 Å². The monoisotopic (exact) mass is 252 g/mol. The van der Waals surface area contributed by atoms with Crippen LogP contribution in [0.15, 0.2) is 42.5 Å². The standard InChI is InChI=1S/C19H24/c1-13(2)16-9-11-17(12-10-16)18-8-6-7-15(5)19(18)14(3)4/h6-14H,1-5H3. The van der Waals surface area contributed by atoms with Gasteiger partial charge in [0.2, 0.25) is 0 Å². The number of hydrogen-bond acceptors (Lipinski definition) is 0. The number of rotatable bonds is 3. The summed E-state index contributed by atoms with van der Waals surface area (Å²) < 4.78 is 0. The molecule has 0 aliphatic rings. The normalized spacial score (nSPS) is 11.3. The van der Waals surface area contributed by atoms with E-state index >= 15 is 0 Å². The van der Waals surface area contributed by atoms with Gasteiger partial charge in [0.15, 0.2) is 0 Å². The zero-order chi connectivity index (χ0) is 14.0. The van der Waals surface area contributed by atoms with Gasteiger partial charge >= 0.3 is 0 Å². The molecule has 0 spiro atoms. The summed E-state index contributed by atoms with van der Waals surface area (Å²) in [6.45, 7) is 11.2. The van der Waals surface area contributed by atoms with Crippen molar-refractivity contribution in [3.05, 3.63) is 59.2 Å². The van der Waals surface area contributed by atoms with Gasteiger partial charge in [0, 0.05) is 0 Å². The van der Waals surface area contributed by atoms with Crippen molar-refractivity contribution < 1.29 is 0 Å². The molecule has 0 fully saturated rings. The van der Waals surface area contributed by atoms with Crippen molar-refractivity contribution in [2.75, 3.05) is 0 Å². The summed E-state index contributed by atoms with van der Waals surface area (Å²) in [4.78, 5) is 0. The maximum Gasteiger partial charge on any atom is -0.0147 e. The average molecular weight is 252 g/mol. The second kappa shape index (κ2) is 5.61. The van der Waals surface area contributed by atoms with Crippen molar-refractivity contribution in [3.63, 3.8) is 0 Å². The lowest BCUT2D eigenvalue weighted by Crippen LogP contribution is -1.96. The van der Waals surface area contributed by atoms with Crippen LogP contribution >= 0.6 is 0 Å². The first kappa shape index (κ1) is 13.9. The van der Waals surface area contributed by atoms with E-state index in [0.29, 0.717) is 11.8 Å². The number of hydrogen-bond donors (Lipinski definition) is 0. The van der Waals surface area contributed by atoms with Crippen molar-refractivity contribution >= 4 is 0 Å². The van der Waals surface area contributed by atoms with E-state index in [1.165, 1.54) is 27.8 Å². The molecule has 0 N–H and O–H groups in total. The van der Waals surface area contributed by atoms with Gasteiger partial charge in [0.25, 0.3) is 0 Å². The molecule has 0 radical (unpaired) electrons. The van der Waals surface area contributed by atoms with Crippen LogP contribution in [0.5, 0.6) is 0 Å². The van der Waals surface area contributed by atoms with Crippen molar-refractivity contribution in [1.82, 2.24) is 0 Å². The van der Waals surface area contributed by atoms with Crippen LogP contribution < -0.4 is 0 Å². The molecular formula is C19H24. The first-order valence-corrected chi connectivity index (χ1v) is 7.20. The summed E-state index contributed by atoms with van der Waals surface area (Å²) in [5, 5.41) is 0. The van der Waals surface area contributed by atoms with Crippen molar-refractivity contribution in [3.8, 4) is 11.1 Å². The zero-order valence-electron chi connectivity index (χ0n) is 12.7. The van der Waals surface area contributed by atoms with E-state index in [9.17, 15) is 0 Å². The molecule has 0 bridgehead atoms. The minimum atomic E-state index is 0.556. The fraction of sp³-hybridized carbons (Fsp3) is 0.368. The summed E-state index contributed by atoms with van der Waals surface area (Å²) in [6, 6.07) is 15.6. The molecule has 0 aliphatic heterocycles. The minimum absolute atomic E-state index is 0.556. The van der Waals surface area contributed by atoms with Gasteiger partial charge in [-0.2, -0.15) is 0 Å². The Balaban J connectivity index is 2.50. The Morgan fingerprint density at radius 3 is 1.89 bits per heavy atom. The highest BCUT2D eigenvalue weighted by atomic mass is 14.2. The third kappa shape index (κ3) is 2.89. The van der Waals surface area contributed by atoms with Crippen LogP contribution in [-0.2, 0) is 0 Å². The van der Waals surface area contributed by atoms with E-state index in [2.05, 4.69) is 77.1 Å². The van der Waals surface area contributed by atoms with E-state index in [4.69, 9.17) is 0 Å². The fourth-order valence-corrected chi connectivity index (χ4v) is 2.75. The molecule has 0 unspecified atom stereocenters. The van der Waals surface area contributed by atoms with Crippen LogP contribution in [0.3, 0.4) is 0 Å². The lowest BCUT2D eigenvalue weighted by Gasteiger charge is -2.16. The minimum Gasteiger partial charge on any atom is -0.0614 e. The summed E-state index contributed by atoms with van der Waals surface area (Å²) in [5.74, 6) is 1.15. The molecular weight excluding hydrogens is 228 g/mol. The highest BCUT2D eigenvalue weighted by molar-refractivity contribution is 5.69. The predicted octanol–water partition coefficient (Wildman–Crippen LogP) is 5.91. The third-order valence-corrected chi connectivity index (χ3v) is 3.79.